The van der Waals surface area contributed by atoms with E-state index in [1.807, 2.05) is 12.1 Å². The van der Waals surface area contributed by atoms with Gasteiger partial charge in [0, 0.05) is 6.07 Å². The Balaban J connectivity index is 2.30. The highest BCUT2D eigenvalue weighted by Crippen LogP contribution is 2.31. The van der Waals surface area contributed by atoms with Crippen molar-refractivity contribution in [3.8, 4) is 5.75 Å². The van der Waals surface area contributed by atoms with Crippen LogP contribution in [0.1, 0.15) is 32.6 Å². The van der Waals surface area contributed by atoms with E-state index in [0.717, 1.165) is 4.48 Å². The average molecular weight is 220 g/mol. The van der Waals surface area contributed by atoms with Crippen molar-refractivity contribution < 1.29 is 5.11 Å². The first-order valence-corrected chi connectivity index (χ1v) is 6.42. The van der Waals surface area contributed by atoms with E-state index in [0.29, 0.717) is 5.75 Å². The number of quaternary nitrogens is 1. The highest BCUT2D eigenvalue weighted by atomic mass is 16.3. The number of hydrogen-bond acceptors (Lipinski definition) is 1. The third-order valence-corrected chi connectivity index (χ3v) is 3.70. The standard InChI is InChI=1S/C14H21NO/c1-2-9-15(10-4-3-5-11-15)13-7-6-8-14(16)12-13/h6-8,12H,2-5,9-11H2,1H3/p+1. The predicted octanol–water partition coefficient (Wildman–Crippen LogP) is 3.29. The Bertz CT molecular complexity index is 337. The minimum atomic E-state index is 0.400. The molecule has 1 aliphatic heterocycles. The molecule has 1 N–H and O–H groups in total. The van der Waals surface area contributed by atoms with Gasteiger partial charge in [0.25, 0.3) is 0 Å². The van der Waals surface area contributed by atoms with Crippen LogP contribution in [0.3, 0.4) is 0 Å². The summed E-state index contributed by atoms with van der Waals surface area (Å²) in [5.74, 6) is 0.400. The van der Waals surface area contributed by atoms with E-state index in [-0.39, 0.29) is 0 Å². The minimum Gasteiger partial charge on any atom is -0.508 e. The summed E-state index contributed by atoms with van der Waals surface area (Å²) in [5, 5.41) is 9.62. The van der Waals surface area contributed by atoms with Gasteiger partial charge in [0.2, 0.25) is 0 Å². The summed E-state index contributed by atoms with van der Waals surface area (Å²) in [6, 6.07) is 7.84. The molecule has 0 saturated carbocycles. The van der Waals surface area contributed by atoms with E-state index in [1.165, 1.54) is 51.0 Å². The lowest BCUT2D eigenvalue weighted by molar-refractivity contribution is 0.228. The van der Waals surface area contributed by atoms with Crippen molar-refractivity contribution in [1.29, 1.82) is 0 Å². The second-order valence-corrected chi connectivity index (χ2v) is 4.90. The quantitative estimate of drug-likeness (QED) is 0.775. The third kappa shape index (κ3) is 2.22. The zero-order valence-electron chi connectivity index (χ0n) is 10.2. The van der Waals surface area contributed by atoms with Gasteiger partial charge in [-0.2, -0.15) is 0 Å². The summed E-state index contributed by atoms with van der Waals surface area (Å²) >= 11 is 0. The zero-order chi connectivity index (χ0) is 11.4. The van der Waals surface area contributed by atoms with Gasteiger partial charge in [-0.25, -0.2) is 0 Å². The molecule has 1 aromatic rings. The summed E-state index contributed by atoms with van der Waals surface area (Å²) < 4.78 is 1.07. The average Bonchev–Trinajstić information content (AvgIpc) is 2.31. The van der Waals surface area contributed by atoms with Crippen molar-refractivity contribution in [1.82, 2.24) is 4.48 Å². The molecule has 1 aromatic carbocycles. The number of likely N-dealkylation sites (tertiary alicyclic amines) is 1. The number of rotatable bonds is 3. The van der Waals surface area contributed by atoms with E-state index < -0.39 is 0 Å². The van der Waals surface area contributed by atoms with E-state index in [9.17, 15) is 5.11 Å². The van der Waals surface area contributed by atoms with Crippen LogP contribution in [0.2, 0.25) is 0 Å². The molecule has 0 unspecified atom stereocenters. The lowest BCUT2D eigenvalue weighted by Gasteiger charge is -2.41. The molecule has 88 valence electrons. The van der Waals surface area contributed by atoms with Gasteiger partial charge in [0.1, 0.15) is 11.4 Å². The molecule has 0 atom stereocenters. The fraction of sp³-hybridized carbons (Fsp3) is 0.571. The first kappa shape index (κ1) is 11.5. The SMILES string of the molecule is CCC[N+]1(c2cccc(O)c2)CCCCC1. The van der Waals surface area contributed by atoms with Gasteiger partial charge in [-0.3, -0.25) is 4.48 Å². The van der Waals surface area contributed by atoms with E-state index in [4.69, 9.17) is 0 Å². The Kier molecular flexibility index (Phi) is 3.49. The molecule has 1 aliphatic rings. The van der Waals surface area contributed by atoms with Gasteiger partial charge in [-0.15, -0.1) is 0 Å². The van der Waals surface area contributed by atoms with Crippen molar-refractivity contribution in [2.45, 2.75) is 32.6 Å². The van der Waals surface area contributed by atoms with Gasteiger partial charge in [-0.1, -0.05) is 13.0 Å². The molecule has 1 heterocycles. The molecule has 0 aliphatic carbocycles. The van der Waals surface area contributed by atoms with Crippen molar-refractivity contribution >= 4 is 5.69 Å². The van der Waals surface area contributed by atoms with Crippen molar-refractivity contribution in [3.05, 3.63) is 24.3 Å². The Morgan fingerprint density at radius 2 is 1.94 bits per heavy atom. The van der Waals surface area contributed by atoms with Crippen LogP contribution in [-0.2, 0) is 0 Å². The fourth-order valence-electron chi connectivity index (χ4n) is 2.94. The molecule has 16 heavy (non-hydrogen) atoms. The maximum absolute atomic E-state index is 9.62. The largest absolute Gasteiger partial charge is 0.508 e. The summed E-state index contributed by atoms with van der Waals surface area (Å²) in [5.41, 5.74) is 1.29. The Morgan fingerprint density at radius 1 is 1.19 bits per heavy atom. The van der Waals surface area contributed by atoms with Crippen molar-refractivity contribution in [2.75, 3.05) is 19.6 Å². The van der Waals surface area contributed by atoms with Gasteiger partial charge in [0.05, 0.1) is 19.6 Å². The van der Waals surface area contributed by atoms with Crippen molar-refractivity contribution in [2.24, 2.45) is 0 Å². The van der Waals surface area contributed by atoms with Crippen LogP contribution in [0.4, 0.5) is 5.69 Å². The molecule has 0 amide bonds. The van der Waals surface area contributed by atoms with E-state index >= 15 is 0 Å². The maximum atomic E-state index is 9.62. The molecule has 2 rings (SSSR count). The molecule has 2 heteroatoms. The summed E-state index contributed by atoms with van der Waals surface area (Å²) in [6.07, 6.45) is 5.20. The topological polar surface area (TPSA) is 20.2 Å². The lowest BCUT2D eigenvalue weighted by Crippen LogP contribution is -2.53. The number of nitrogens with zero attached hydrogens (tertiary/aromatic N) is 1. The smallest absolute Gasteiger partial charge is 0.136 e. The second-order valence-electron chi connectivity index (χ2n) is 4.90. The Labute approximate surface area is 98.1 Å². The normalized spacial score (nSPS) is 19.6. The maximum Gasteiger partial charge on any atom is 0.136 e. The third-order valence-electron chi connectivity index (χ3n) is 3.70. The first-order chi connectivity index (χ1) is 7.77. The van der Waals surface area contributed by atoms with Gasteiger partial charge < -0.3 is 5.11 Å². The van der Waals surface area contributed by atoms with Crippen LogP contribution < -0.4 is 4.48 Å². The Morgan fingerprint density at radius 3 is 2.56 bits per heavy atom. The molecular formula is C14H22NO+. The summed E-state index contributed by atoms with van der Waals surface area (Å²) in [4.78, 5) is 0. The molecule has 0 bridgehead atoms. The lowest BCUT2D eigenvalue weighted by atomic mass is 10.0. The number of aromatic hydroxyl groups is 1. The number of benzene rings is 1. The molecule has 0 radical (unpaired) electrons. The number of phenols is 1. The predicted molar refractivity (Wildman–Crippen MR) is 68.6 cm³/mol. The molecule has 0 spiro atoms. The summed E-state index contributed by atoms with van der Waals surface area (Å²) in [6.45, 7) is 5.91. The fourth-order valence-corrected chi connectivity index (χ4v) is 2.94. The zero-order valence-corrected chi connectivity index (χ0v) is 10.2. The van der Waals surface area contributed by atoms with Crippen LogP contribution in [0.25, 0.3) is 0 Å². The molecular weight excluding hydrogens is 198 g/mol. The molecule has 2 nitrogen and oxygen atoms in total. The van der Waals surface area contributed by atoms with E-state index in [2.05, 4.69) is 13.0 Å². The summed E-state index contributed by atoms with van der Waals surface area (Å²) in [7, 11) is 0. The highest BCUT2D eigenvalue weighted by Gasteiger charge is 2.31. The number of hydrogen-bond donors (Lipinski definition) is 1. The van der Waals surface area contributed by atoms with Crippen LogP contribution in [0, 0.1) is 0 Å². The first-order valence-electron chi connectivity index (χ1n) is 6.42. The Hall–Kier alpha value is -1.02. The molecule has 1 saturated heterocycles. The van der Waals surface area contributed by atoms with Crippen LogP contribution in [0.15, 0.2) is 24.3 Å². The molecule has 1 fully saturated rings. The number of piperidine rings is 1. The monoisotopic (exact) mass is 220 g/mol. The van der Waals surface area contributed by atoms with Gasteiger partial charge in [0.15, 0.2) is 0 Å². The van der Waals surface area contributed by atoms with Crippen LogP contribution >= 0.6 is 0 Å². The van der Waals surface area contributed by atoms with Gasteiger partial charge >= 0.3 is 0 Å². The van der Waals surface area contributed by atoms with Crippen LogP contribution in [-0.4, -0.2) is 24.7 Å². The molecule has 0 aromatic heterocycles. The number of phenolic OH excluding ortho intramolecular Hbond substituents is 1. The van der Waals surface area contributed by atoms with E-state index in [1.54, 1.807) is 6.07 Å². The van der Waals surface area contributed by atoms with Gasteiger partial charge in [-0.05, 0) is 37.8 Å². The van der Waals surface area contributed by atoms with Crippen LogP contribution in [0.5, 0.6) is 5.75 Å². The van der Waals surface area contributed by atoms with Crippen molar-refractivity contribution in [3.63, 3.8) is 0 Å². The second kappa shape index (κ2) is 4.88. The highest BCUT2D eigenvalue weighted by molar-refractivity contribution is 5.47. The minimum absolute atomic E-state index is 0.400.